The molecule has 5 nitrogen and oxygen atoms in total. The van der Waals surface area contributed by atoms with Crippen molar-refractivity contribution in [3.63, 3.8) is 0 Å². The number of benzene rings is 2. The van der Waals surface area contributed by atoms with Crippen LogP contribution < -0.4 is 4.74 Å². The van der Waals surface area contributed by atoms with Gasteiger partial charge >= 0.3 is 0 Å². The number of aromatic nitrogens is 4. The van der Waals surface area contributed by atoms with E-state index in [4.69, 9.17) is 16.3 Å². The Kier molecular flexibility index (Phi) is 2.94. The molecule has 0 amide bonds. The van der Waals surface area contributed by atoms with Crippen molar-refractivity contribution in [1.82, 2.24) is 19.8 Å². The Bertz CT molecular complexity index is 979. The lowest BCUT2D eigenvalue weighted by Gasteiger charge is -2.02. The van der Waals surface area contributed by atoms with Gasteiger partial charge in [-0.3, -0.25) is 0 Å². The maximum Gasteiger partial charge on any atom is 0.178 e. The molecule has 0 radical (unpaired) electrons. The van der Waals surface area contributed by atoms with Crippen molar-refractivity contribution in [2.45, 2.75) is 0 Å². The van der Waals surface area contributed by atoms with Crippen molar-refractivity contribution in [1.29, 1.82) is 0 Å². The van der Waals surface area contributed by atoms with E-state index in [-0.39, 0.29) is 0 Å². The molecule has 0 saturated heterocycles. The van der Waals surface area contributed by atoms with Gasteiger partial charge in [0.2, 0.25) is 0 Å². The Balaban J connectivity index is 1.96. The minimum Gasteiger partial charge on any atom is -0.497 e. The summed E-state index contributed by atoms with van der Waals surface area (Å²) in [6.45, 7) is 0. The van der Waals surface area contributed by atoms with Gasteiger partial charge in [-0.1, -0.05) is 23.7 Å². The minimum atomic E-state index is 0.686. The molecule has 0 aliphatic rings. The summed E-state index contributed by atoms with van der Waals surface area (Å²) >= 11 is 5.93. The van der Waals surface area contributed by atoms with E-state index < -0.39 is 0 Å². The number of ether oxygens (including phenoxy) is 1. The van der Waals surface area contributed by atoms with Gasteiger partial charge in [0.1, 0.15) is 11.3 Å². The summed E-state index contributed by atoms with van der Waals surface area (Å²) in [6.07, 6.45) is 0. The Morgan fingerprint density at radius 3 is 2.59 bits per heavy atom. The average molecular weight is 311 g/mol. The standard InChI is InChI=1S/C16H11ClN4O/c1-22-12-6-7-13-15(8-12)21-16(19-18-13)9-14(20-21)10-2-4-11(17)5-3-10/h2-9H,1H3. The molecular weight excluding hydrogens is 300 g/mol. The smallest absolute Gasteiger partial charge is 0.178 e. The van der Waals surface area contributed by atoms with Crippen molar-refractivity contribution in [3.8, 4) is 17.0 Å². The molecule has 0 aliphatic carbocycles. The fourth-order valence-corrected chi connectivity index (χ4v) is 2.50. The Morgan fingerprint density at radius 1 is 1.00 bits per heavy atom. The monoisotopic (exact) mass is 310 g/mol. The number of nitrogens with zero attached hydrogens (tertiary/aromatic N) is 4. The van der Waals surface area contributed by atoms with E-state index in [0.29, 0.717) is 10.7 Å². The van der Waals surface area contributed by atoms with E-state index in [1.165, 1.54) is 0 Å². The molecule has 0 bridgehead atoms. The second-order valence-electron chi connectivity index (χ2n) is 4.86. The Morgan fingerprint density at radius 2 is 1.82 bits per heavy atom. The lowest BCUT2D eigenvalue weighted by molar-refractivity contribution is 0.415. The first kappa shape index (κ1) is 13.0. The summed E-state index contributed by atoms with van der Waals surface area (Å²) < 4.78 is 7.04. The van der Waals surface area contributed by atoms with Crippen molar-refractivity contribution >= 4 is 28.3 Å². The second kappa shape index (κ2) is 4.96. The van der Waals surface area contributed by atoms with Gasteiger partial charge in [-0.05, 0) is 24.3 Å². The summed E-state index contributed by atoms with van der Waals surface area (Å²) in [5.41, 5.74) is 4.10. The third-order valence-corrected chi connectivity index (χ3v) is 3.75. The molecule has 0 spiro atoms. The molecule has 0 aliphatic heterocycles. The molecule has 0 fully saturated rings. The number of halogens is 1. The number of fused-ring (bicyclic) bond motifs is 3. The molecule has 6 heteroatoms. The molecule has 4 aromatic rings. The maximum absolute atomic E-state index is 5.93. The first-order valence-corrected chi connectivity index (χ1v) is 7.08. The highest BCUT2D eigenvalue weighted by molar-refractivity contribution is 6.30. The lowest BCUT2D eigenvalue weighted by Crippen LogP contribution is -1.96. The lowest BCUT2D eigenvalue weighted by atomic mass is 10.2. The van der Waals surface area contributed by atoms with Crippen LogP contribution >= 0.6 is 11.6 Å². The van der Waals surface area contributed by atoms with Gasteiger partial charge in [-0.25, -0.2) is 4.52 Å². The third-order valence-electron chi connectivity index (χ3n) is 3.50. The van der Waals surface area contributed by atoms with E-state index in [0.717, 1.165) is 28.0 Å². The fraction of sp³-hybridized carbons (Fsp3) is 0.0625. The van der Waals surface area contributed by atoms with E-state index in [1.54, 1.807) is 11.6 Å². The molecule has 2 aromatic heterocycles. The van der Waals surface area contributed by atoms with E-state index in [1.807, 2.05) is 48.5 Å². The highest BCUT2D eigenvalue weighted by Crippen LogP contribution is 2.24. The fourth-order valence-electron chi connectivity index (χ4n) is 2.37. The maximum atomic E-state index is 5.93. The largest absolute Gasteiger partial charge is 0.497 e. The molecular formula is C16H11ClN4O. The third kappa shape index (κ3) is 2.07. The van der Waals surface area contributed by atoms with Crippen molar-refractivity contribution in [2.75, 3.05) is 7.11 Å². The van der Waals surface area contributed by atoms with Gasteiger partial charge < -0.3 is 4.74 Å². The first-order chi connectivity index (χ1) is 10.7. The number of rotatable bonds is 2. The van der Waals surface area contributed by atoms with Crippen LogP contribution in [0.15, 0.2) is 48.5 Å². The summed E-state index contributed by atoms with van der Waals surface area (Å²) in [7, 11) is 1.63. The van der Waals surface area contributed by atoms with Crippen LogP contribution in [0.25, 0.3) is 27.9 Å². The van der Waals surface area contributed by atoms with Crippen molar-refractivity contribution in [3.05, 3.63) is 53.6 Å². The molecule has 22 heavy (non-hydrogen) atoms. The molecule has 0 unspecified atom stereocenters. The van der Waals surface area contributed by atoms with Crippen LogP contribution in [0.4, 0.5) is 0 Å². The quantitative estimate of drug-likeness (QED) is 0.567. The topological polar surface area (TPSA) is 52.3 Å². The van der Waals surface area contributed by atoms with Crippen molar-refractivity contribution < 1.29 is 4.74 Å². The average Bonchev–Trinajstić information content (AvgIpc) is 2.99. The van der Waals surface area contributed by atoms with Gasteiger partial charge in [0, 0.05) is 22.7 Å². The zero-order valence-corrected chi connectivity index (χ0v) is 12.4. The number of hydrogen-bond acceptors (Lipinski definition) is 4. The van der Waals surface area contributed by atoms with Crippen LogP contribution in [0.3, 0.4) is 0 Å². The summed E-state index contributed by atoms with van der Waals surface area (Å²) in [4.78, 5) is 0. The SMILES string of the molecule is COc1ccc2nnc3cc(-c4ccc(Cl)cc4)nn3c2c1. The molecule has 0 atom stereocenters. The first-order valence-electron chi connectivity index (χ1n) is 6.71. The van der Waals surface area contributed by atoms with Gasteiger partial charge in [0.25, 0.3) is 0 Å². The molecule has 0 saturated carbocycles. The normalized spacial score (nSPS) is 11.2. The molecule has 4 rings (SSSR count). The summed E-state index contributed by atoms with van der Waals surface area (Å²) in [6, 6.07) is 15.1. The number of methoxy groups -OCH3 is 1. The van der Waals surface area contributed by atoms with Crippen LogP contribution in [0.5, 0.6) is 5.75 Å². The molecule has 108 valence electrons. The van der Waals surface area contributed by atoms with Crippen molar-refractivity contribution in [2.24, 2.45) is 0 Å². The van der Waals surface area contributed by atoms with Gasteiger partial charge in [0.05, 0.1) is 18.3 Å². The van der Waals surface area contributed by atoms with Crippen LogP contribution in [0, 0.1) is 0 Å². The van der Waals surface area contributed by atoms with Gasteiger partial charge in [-0.2, -0.15) is 5.10 Å². The van der Waals surface area contributed by atoms with E-state index >= 15 is 0 Å². The minimum absolute atomic E-state index is 0.686. The highest BCUT2D eigenvalue weighted by Gasteiger charge is 2.10. The highest BCUT2D eigenvalue weighted by atomic mass is 35.5. The van der Waals surface area contributed by atoms with Gasteiger partial charge in [0.15, 0.2) is 5.65 Å². The van der Waals surface area contributed by atoms with Crippen LogP contribution in [-0.4, -0.2) is 26.9 Å². The van der Waals surface area contributed by atoms with Crippen LogP contribution in [0.1, 0.15) is 0 Å². The van der Waals surface area contributed by atoms with Gasteiger partial charge in [-0.15, -0.1) is 10.2 Å². The Hall–Kier alpha value is -2.66. The molecule has 0 N–H and O–H groups in total. The predicted molar refractivity (Wildman–Crippen MR) is 85.3 cm³/mol. The zero-order valence-electron chi connectivity index (χ0n) is 11.7. The van der Waals surface area contributed by atoms with E-state index in [9.17, 15) is 0 Å². The zero-order chi connectivity index (χ0) is 15.1. The summed E-state index contributed by atoms with van der Waals surface area (Å²) in [5, 5.41) is 13.8. The summed E-state index contributed by atoms with van der Waals surface area (Å²) in [5.74, 6) is 0.755. The predicted octanol–water partition coefficient (Wildman–Crippen LogP) is 3.61. The molecule has 2 aromatic carbocycles. The van der Waals surface area contributed by atoms with Crippen LogP contribution in [0.2, 0.25) is 5.02 Å². The van der Waals surface area contributed by atoms with Crippen LogP contribution in [-0.2, 0) is 0 Å². The number of hydrogen-bond donors (Lipinski definition) is 0. The molecule has 2 heterocycles. The Labute approximate surface area is 131 Å². The van der Waals surface area contributed by atoms with E-state index in [2.05, 4.69) is 15.3 Å². The second-order valence-corrected chi connectivity index (χ2v) is 5.30.